The molecule has 0 aromatic rings. The van der Waals surface area contributed by atoms with Crippen molar-refractivity contribution in [1.29, 1.82) is 0 Å². The summed E-state index contributed by atoms with van der Waals surface area (Å²) in [5, 5.41) is 18.6. The van der Waals surface area contributed by atoms with Crippen molar-refractivity contribution in [3.8, 4) is 0 Å². The number of carboxylic acids is 1. The molecule has 15 heavy (non-hydrogen) atoms. The second-order valence-corrected chi connectivity index (χ2v) is 4.53. The highest BCUT2D eigenvalue weighted by Crippen LogP contribution is 2.34. The lowest BCUT2D eigenvalue weighted by Crippen LogP contribution is -2.52. The van der Waals surface area contributed by atoms with E-state index in [0.29, 0.717) is 11.8 Å². The fourth-order valence-electron chi connectivity index (χ4n) is 2.83. The van der Waals surface area contributed by atoms with Crippen LogP contribution in [0, 0.1) is 11.8 Å². The molecule has 1 aliphatic carbocycles. The molecule has 4 nitrogen and oxygen atoms in total. The lowest BCUT2D eigenvalue weighted by Gasteiger charge is -2.44. The van der Waals surface area contributed by atoms with Gasteiger partial charge >= 0.3 is 5.97 Å². The maximum atomic E-state index is 10.6. The standard InChI is InChI=1S/C10H17NO3.ClH/c12-9(13)6-11-4-7-2-1-3-8(5-11)10(7)14;/h7-8,10,14H,1-6H2,(H,12,13);1H. The van der Waals surface area contributed by atoms with E-state index in [2.05, 4.69) is 0 Å². The van der Waals surface area contributed by atoms with E-state index in [0.717, 1.165) is 25.9 Å². The number of likely N-dealkylation sites (tertiary alicyclic amines) is 1. The first-order valence-corrected chi connectivity index (χ1v) is 5.29. The highest BCUT2D eigenvalue weighted by Gasteiger charge is 2.38. The second-order valence-electron chi connectivity index (χ2n) is 4.53. The Morgan fingerprint density at radius 3 is 2.27 bits per heavy atom. The molecule has 2 unspecified atom stereocenters. The van der Waals surface area contributed by atoms with Gasteiger partial charge in [0.2, 0.25) is 0 Å². The van der Waals surface area contributed by atoms with E-state index in [1.807, 2.05) is 4.90 Å². The van der Waals surface area contributed by atoms with Gasteiger partial charge in [0.1, 0.15) is 0 Å². The molecule has 0 radical (unpaired) electrons. The van der Waals surface area contributed by atoms with Crippen LogP contribution in [0.15, 0.2) is 0 Å². The van der Waals surface area contributed by atoms with Crippen molar-refractivity contribution in [2.24, 2.45) is 11.8 Å². The van der Waals surface area contributed by atoms with Crippen LogP contribution in [0.1, 0.15) is 19.3 Å². The molecule has 1 saturated heterocycles. The Bertz CT molecular complexity index is 223. The van der Waals surface area contributed by atoms with Gasteiger partial charge in [-0.1, -0.05) is 6.42 Å². The van der Waals surface area contributed by atoms with Crippen molar-refractivity contribution in [3.05, 3.63) is 0 Å². The highest BCUT2D eigenvalue weighted by molar-refractivity contribution is 5.85. The molecule has 2 rings (SSSR count). The average Bonchev–Trinajstić information content (AvgIpc) is 2.05. The average molecular weight is 236 g/mol. The minimum absolute atomic E-state index is 0. The van der Waals surface area contributed by atoms with Gasteiger partial charge in [-0.2, -0.15) is 0 Å². The van der Waals surface area contributed by atoms with Crippen LogP contribution in [-0.4, -0.2) is 46.8 Å². The predicted molar refractivity (Wildman–Crippen MR) is 58.2 cm³/mol. The summed E-state index contributed by atoms with van der Waals surface area (Å²) < 4.78 is 0. The number of rotatable bonds is 2. The summed E-state index contributed by atoms with van der Waals surface area (Å²) >= 11 is 0. The first kappa shape index (κ1) is 12.7. The largest absolute Gasteiger partial charge is 0.480 e. The Labute approximate surface area is 95.7 Å². The van der Waals surface area contributed by atoms with E-state index in [1.165, 1.54) is 6.42 Å². The van der Waals surface area contributed by atoms with Crippen LogP contribution in [0.2, 0.25) is 0 Å². The number of halogens is 1. The summed E-state index contributed by atoms with van der Waals surface area (Å²) in [6.07, 6.45) is 3.10. The quantitative estimate of drug-likeness (QED) is 0.736. The number of aliphatic carboxylic acids is 1. The molecule has 0 amide bonds. The van der Waals surface area contributed by atoms with Gasteiger partial charge in [-0.05, 0) is 24.7 Å². The number of hydrogen-bond acceptors (Lipinski definition) is 3. The smallest absolute Gasteiger partial charge is 0.317 e. The summed E-state index contributed by atoms with van der Waals surface area (Å²) in [5.74, 6) is -0.150. The SMILES string of the molecule is Cl.O=C(O)CN1CC2CCCC(C1)C2O. The number of piperidine rings is 1. The van der Waals surface area contributed by atoms with Gasteiger partial charge in [-0.15, -0.1) is 12.4 Å². The van der Waals surface area contributed by atoms with Crippen molar-refractivity contribution in [2.45, 2.75) is 25.4 Å². The third kappa shape index (κ3) is 2.83. The van der Waals surface area contributed by atoms with Gasteiger partial charge in [-0.25, -0.2) is 0 Å². The van der Waals surface area contributed by atoms with Gasteiger partial charge < -0.3 is 10.2 Å². The van der Waals surface area contributed by atoms with E-state index in [1.54, 1.807) is 0 Å². The van der Waals surface area contributed by atoms with E-state index in [-0.39, 0.29) is 25.1 Å². The molecule has 0 aromatic carbocycles. The van der Waals surface area contributed by atoms with Crippen LogP contribution in [0.4, 0.5) is 0 Å². The van der Waals surface area contributed by atoms with Gasteiger partial charge in [-0.3, -0.25) is 9.69 Å². The van der Waals surface area contributed by atoms with E-state index in [9.17, 15) is 9.90 Å². The zero-order valence-electron chi connectivity index (χ0n) is 8.63. The molecule has 0 spiro atoms. The number of fused-ring (bicyclic) bond motifs is 2. The van der Waals surface area contributed by atoms with Gasteiger partial charge in [0.05, 0.1) is 12.6 Å². The Kier molecular flexibility index (Phi) is 4.37. The summed E-state index contributed by atoms with van der Waals surface area (Å²) in [7, 11) is 0. The van der Waals surface area contributed by atoms with E-state index in [4.69, 9.17) is 5.11 Å². The zero-order chi connectivity index (χ0) is 10.1. The first-order valence-electron chi connectivity index (χ1n) is 5.29. The molecule has 1 aliphatic heterocycles. The zero-order valence-corrected chi connectivity index (χ0v) is 9.45. The molecular weight excluding hydrogens is 218 g/mol. The van der Waals surface area contributed by atoms with Crippen LogP contribution >= 0.6 is 12.4 Å². The van der Waals surface area contributed by atoms with Crippen molar-refractivity contribution in [3.63, 3.8) is 0 Å². The number of nitrogens with zero attached hydrogens (tertiary/aromatic N) is 1. The number of carboxylic acid groups (broad SMARTS) is 1. The summed E-state index contributed by atoms with van der Waals surface area (Å²) in [6.45, 7) is 1.63. The molecule has 2 aliphatic rings. The van der Waals surface area contributed by atoms with Crippen LogP contribution < -0.4 is 0 Å². The molecule has 1 heterocycles. The van der Waals surface area contributed by atoms with Gasteiger partial charge in [0.15, 0.2) is 0 Å². The van der Waals surface area contributed by atoms with Crippen LogP contribution in [-0.2, 0) is 4.79 Å². The number of aliphatic hydroxyl groups excluding tert-OH is 1. The lowest BCUT2D eigenvalue weighted by molar-refractivity contribution is -0.140. The summed E-state index contributed by atoms with van der Waals surface area (Å²) in [5.41, 5.74) is 0. The molecule has 5 heteroatoms. The molecule has 2 bridgehead atoms. The Hall–Kier alpha value is -0.320. The molecular formula is C10H18ClNO3. The first-order chi connectivity index (χ1) is 6.66. The number of hydrogen-bond donors (Lipinski definition) is 2. The van der Waals surface area contributed by atoms with Crippen molar-refractivity contribution < 1.29 is 15.0 Å². The van der Waals surface area contributed by atoms with E-state index >= 15 is 0 Å². The summed E-state index contributed by atoms with van der Waals surface area (Å²) in [4.78, 5) is 12.5. The monoisotopic (exact) mass is 235 g/mol. The minimum atomic E-state index is -0.764. The van der Waals surface area contributed by atoms with Crippen molar-refractivity contribution in [2.75, 3.05) is 19.6 Å². The fourth-order valence-corrected chi connectivity index (χ4v) is 2.83. The maximum Gasteiger partial charge on any atom is 0.317 e. The topological polar surface area (TPSA) is 60.8 Å². The van der Waals surface area contributed by atoms with Crippen LogP contribution in [0.5, 0.6) is 0 Å². The number of aliphatic hydroxyl groups is 1. The number of carbonyl (C=O) groups is 1. The Balaban J connectivity index is 0.00000112. The Morgan fingerprint density at radius 1 is 1.27 bits per heavy atom. The fraction of sp³-hybridized carbons (Fsp3) is 0.900. The second kappa shape index (κ2) is 5.14. The van der Waals surface area contributed by atoms with Crippen molar-refractivity contribution in [1.82, 2.24) is 4.90 Å². The predicted octanol–water partition coefficient (Wildman–Crippen LogP) is 0.586. The minimum Gasteiger partial charge on any atom is -0.480 e. The molecule has 88 valence electrons. The third-order valence-corrected chi connectivity index (χ3v) is 3.46. The van der Waals surface area contributed by atoms with Gasteiger partial charge in [0.25, 0.3) is 0 Å². The molecule has 2 N–H and O–H groups in total. The molecule has 2 atom stereocenters. The molecule has 1 saturated carbocycles. The Morgan fingerprint density at radius 2 is 1.80 bits per heavy atom. The van der Waals surface area contributed by atoms with Crippen LogP contribution in [0.3, 0.4) is 0 Å². The third-order valence-electron chi connectivity index (χ3n) is 3.46. The maximum absolute atomic E-state index is 10.6. The molecule has 0 aromatic heterocycles. The van der Waals surface area contributed by atoms with Gasteiger partial charge in [0, 0.05) is 13.1 Å². The lowest BCUT2D eigenvalue weighted by atomic mass is 9.75. The normalized spacial score (nSPS) is 35.7. The molecule has 2 fully saturated rings. The highest BCUT2D eigenvalue weighted by atomic mass is 35.5. The van der Waals surface area contributed by atoms with E-state index < -0.39 is 5.97 Å². The summed E-state index contributed by atoms with van der Waals surface area (Å²) in [6, 6.07) is 0. The van der Waals surface area contributed by atoms with Crippen molar-refractivity contribution >= 4 is 18.4 Å². The van der Waals surface area contributed by atoms with Crippen LogP contribution in [0.25, 0.3) is 0 Å².